The van der Waals surface area contributed by atoms with Gasteiger partial charge < -0.3 is 37.9 Å². The molecule has 0 bridgehead atoms. The second-order valence-electron chi connectivity index (χ2n) is 15.1. The largest absolute Gasteiger partial charge is 0.460 e. The van der Waals surface area contributed by atoms with Crippen molar-refractivity contribution < 1.29 is 38.0 Å². The highest BCUT2D eigenvalue weighted by Gasteiger charge is 2.27. The van der Waals surface area contributed by atoms with Crippen LogP contribution in [-0.2, 0) is 45.1 Å². The Morgan fingerprint density at radius 2 is 1.46 bits per heavy atom. The van der Waals surface area contributed by atoms with Gasteiger partial charge in [-0.15, -0.1) is 0 Å². The summed E-state index contributed by atoms with van der Waals surface area (Å²) >= 11 is 0. The Kier molecular flexibility index (Phi) is 16.3. The van der Waals surface area contributed by atoms with Gasteiger partial charge in [0, 0.05) is 37.3 Å². The zero-order valence-corrected chi connectivity index (χ0v) is 34.2. The van der Waals surface area contributed by atoms with E-state index in [2.05, 4.69) is 34.8 Å². The standard InChI is InChI=1S/C42H58N6O9/c1-30-26-35(45-46(6)41(30)51)40-44-36-28-43-34(27-37(36)48(40)31(2)32-10-8-7-9-11-32)33-12-15-47(16-13-33)38(49)29-56-25-24-55-23-22-54-21-20-53-19-18-52-17-14-39(50)57-42(3,4)5/h7-11,26-28,31,33H,12-25,29H2,1-6H3/t31-/m0/s1. The topological polar surface area (TPSA) is 158 Å². The Bertz CT molecular complexity index is 1920. The summed E-state index contributed by atoms with van der Waals surface area (Å²) in [7, 11) is 1.66. The van der Waals surface area contributed by atoms with E-state index in [1.807, 2.05) is 50.1 Å². The molecule has 1 aromatic carbocycles. The number of likely N-dealkylation sites (tertiary alicyclic amines) is 1. The van der Waals surface area contributed by atoms with Gasteiger partial charge in [0.2, 0.25) is 5.91 Å². The first-order chi connectivity index (χ1) is 27.4. The maximum absolute atomic E-state index is 12.9. The van der Waals surface area contributed by atoms with E-state index in [0.717, 1.165) is 35.1 Å². The first-order valence-corrected chi connectivity index (χ1v) is 19.8. The summed E-state index contributed by atoms with van der Waals surface area (Å²) in [6.45, 7) is 14.2. The van der Waals surface area contributed by atoms with E-state index in [1.165, 1.54) is 4.68 Å². The van der Waals surface area contributed by atoms with Crippen LogP contribution < -0.4 is 5.56 Å². The van der Waals surface area contributed by atoms with Crippen molar-refractivity contribution in [3.05, 3.63) is 75.8 Å². The summed E-state index contributed by atoms with van der Waals surface area (Å²) in [5.41, 5.74) is 4.38. The molecule has 1 atom stereocenters. The van der Waals surface area contributed by atoms with Crippen molar-refractivity contribution in [3.8, 4) is 11.5 Å². The van der Waals surface area contributed by atoms with Gasteiger partial charge in [0.15, 0.2) is 5.82 Å². The Morgan fingerprint density at radius 1 is 0.860 bits per heavy atom. The number of aromatic nitrogens is 5. The predicted octanol–water partition coefficient (Wildman–Crippen LogP) is 4.63. The number of carbonyl (C=O) groups excluding carboxylic acids is 2. The average molecular weight is 791 g/mol. The molecule has 57 heavy (non-hydrogen) atoms. The lowest BCUT2D eigenvalue weighted by Crippen LogP contribution is -2.40. The van der Waals surface area contributed by atoms with Crippen molar-refractivity contribution in [2.24, 2.45) is 7.05 Å². The zero-order chi connectivity index (χ0) is 40.8. The maximum Gasteiger partial charge on any atom is 0.308 e. The molecule has 5 rings (SSSR count). The lowest BCUT2D eigenvalue weighted by molar-refractivity contribution is -0.156. The minimum Gasteiger partial charge on any atom is -0.460 e. The zero-order valence-electron chi connectivity index (χ0n) is 34.2. The SMILES string of the molecule is Cc1cc(-c2nc3cnc(C4CCN(C(=O)COCCOCCOCCOCCOCCC(=O)OC(C)(C)C)CC4)cc3n2[C@@H](C)c2ccccc2)nn(C)c1=O. The van der Waals surface area contributed by atoms with Crippen molar-refractivity contribution in [1.82, 2.24) is 29.2 Å². The summed E-state index contributed by atoms with van der Waals surface area (Å²) < 4.78 is 36.3. The molecule has 1 aliphatic heterocycles. The molecule has 0 saturated carbocycles. The molecule has 15 heteroatoms. The highest BCUT2D eigenvalue weighted by atomic mass is 16.6. The highest BCUT2D eigenvalue weighted by molar-refractivity contribution is 5.80. The van der Waals surface area contributed by atoms with Crippen molar-refractivity contribution in [2.75, 3.05) is 79.2 Å². The molecular formula is C42H58N6O9. The number of amides is 1. The smallest absolute Gasteiger partial charge is 0.308 e. The number of hydrogen-bond acceptors (Lipinski definition) is 12. The summed E-state index contributed by atoms with van der Waals surface area (Å²) in [6, 6.07) is 14.1. The molecule has 4 aromatic rings. The van der Waals surface area contributed by atoms with Crippen LogP contribution in [0.15, 0.2) is 53.5 Å². The first-order valence-electron chi connectivity index (χ1n) is 19.8. The quantitative estimate of drug-likeness (QED) is 0.0853. The molecule has 0 unspecified atom stereocenters. The third-order valence-corrected chi connectivity index (χ3v) is 9.59. The summed E-state index contributed by atoms with van der Waals surface area (Å²) in [6.07, 6.45) is 3.62. The number of fused-ring (bicyclic) bond motifs is 1. The van der Waals surface area contributed by atoms with Crippen LogP contribution in [-0.4, -0.2) is 126 Å². The second kappa shape index (κ2) is 21.3. The minimum atomic E-state index is -0.492. The molecule has 1 aliphatic rings. The average Bonchev–Trinajstić information content (AvgIpc) is 3.58. The number of nitrogens with zero attached hydrogens (tertiary/aromatic N) is 6. The van der Waals surface area contributed by atoms with Gasteiger partial charge in [0.05, 0.1) is 83.6 Å². The molecular weight excluding hydrogens is 732 g/mol. The third kappa shape index (κ3) is 13.0. The van der Waals surface area contributed by atoms with Crippen molar-refractivity contribution in [2.45, 2.75) is 71.4 Å². The van der Waals surface area contributed by atoms with Crippen LogP contribution in [0.4, 0.5) is 0 Å². The van der Waals surface area contributed by atoms with E-state index in [4.69, 9.17) is 38.4 Å². The Hall–Kier alpha value is -4.54. The fourth-order valence-electron chi connectivity index (χ4n) is 6.66. The molecule has 3 aromatic heterocycles. The lowest BCUT2D eigenvalue weighted by atomic mass is 9.93. The third-order valence-electron chi connectivity index (χ3n) is 9.59. The number of ether oxygens (including phenoxy) is 6. The Balaban J connectivity index is 0.992. The second-order valence-corrected chi connectivity index (χ2v) is 15.1. The van der Waals surface area contributed by atoms with E-state index >= 15 is 0 Å². The minimum absolute atomic E-state index is 0.00865. The molecule has 0 radical (unpaired) electrons. The van der Waals surface area contributed by atoms with Crippen molar-refractivity contribution >= 4 is 22.9 Å². The molecule has 1 amide bonds. The molecule has 4 heterocycles. The Morgan fingerprint density at radius 3 is 2.05 bits per heavy atom. The predicted molar refractivity (Wildman–Crippen MR) is 214 cm³/mol. The van der Waals surface area contributed by atoms with Gasteiger partial charge >= 0.3 is 5.97 Å². The van der Waals surface area contributed by atoms with Crippen LogP contribution in [0.25, 0.3) is 22.6 Å². The van der Waals surface area contributed by atoms with Gasteiger partial charge in [-0.3, -0.25) is 19.4 Å². The van der Waals surface area contributed by atoms with Crippen LogP contribution in [0.3, 0.4) is 0 Å². The van der Waals surface area contributed by atoms with Crippen LogP contribution in [0.5, 0.6) is 0 Å². The lowest BCUT2D eigenvalue weighted by Gasteiger charge is -2.31. The van der Waals surface area contributed by atoms with E-state index in [-0.39, 0.29) is 42.4 Å². The number of benzene rings is 1. The van der Waals surface area contributed by atoms with Crippen LogP contribution >= 0.6 is 0 Å². The van der Waals surface area contributed by atoms with E-state index < -0.39 is 5.60 Å². The number of hydrogen-bond donors (Lipinski definition) is 0. The summed E-state index contributed by atoms with van der Waals surface area (Å²) in [5, 5.41) is 4.57. The van der Waals surface area contributed by atoms with Gasteiger partial charge in [-0.25, -0.2) is 9.67 Å². The van der Waals surface area contributed by atoms with Gasteiger partial charge in [-0.2, -0.15) is 5.10 Å². The molecule has 15 nitrogen and oxygen atoms in total. The van der Waals surface area contributed by atoms with Crippen molar-refractivity contribution in [1.29, 1.82) is 0 Å². The normalized spacial score (nSPS) is 14.3. The number of carbonyl (C=O) groups is 2. The molecule has 0 spiro atoms. The van der Waals surface area contributed by atoms with Gasteiger partial charge in [-0.1, -0.05) is 30.3 Å². The molecule has 1 saturated heterocycles. The monoisotopic (exact) mass is 790 g/mol. The van der Waals surface area contributed by atoms with Gasteiger partial charge in [0.1, 0.15) is 23.4 Å². The molecule has 310 valence electrons. The number of pyridine rings is 1. The van der Waals surface area contributed by atoms with Crippen molar-refractivity contribution in [3.63, 3.8) is 0 Å². The fourth-order valence-corrected chi connectivity index (χ4v) is 6.66. The number of imidazole rings is 1. The molecule has 0 aliphatic carbocycles. The van der Waals surface area contributed by atoms with Gasteiger partial charge in [-0.05, 0) is 65.2 Å². The number of aryl methyl sites for hydroxylation is 2. The highest BCUT2D eigenvalue weighted by Crippen LogP contribution is 2.34. The van der Waals surface area contributed by atoms with Gasteiger partial charge in [0.25, 0.3) is 5.56 Å². The number of piperidine rings is 1. The van der Waals surface area contributed by atoms with E-state index in [1.54, 1.807) is 20.0 Å². The fraction of sp³-hybridized carbons (Fsp3) is 0.571. The van der Waals surface area contributed by atoms with E-state index in [0.29, 0.717) is 89.6 Å². The Labute approximate surface area is 334 Å². The van der Waals surface area contributed by atoms with Crippen LogP contribution in [0.2, 0.25) is 0 Å². The van der Waals surface area contributed by atoms with Crippen LogP contribution in [0.1, 0.15) is 75.7 Å². The summed E-state index contributed by atoms with van der Waals surface area (Å²) in [4.78, 5) is 48.7. The first kappa shape index (κ1) is 43.6. The number of rotatable bonds is 21. The van der Waals surface area contributed by atoms with E-state index in [9.17, 15) is 14.4 Å². The summed E-state index contributed by atoms with van der Waals surface area (Å²) in [5.74, 6) is 0.552. The number of esters is 1. The van der Waals surface area contributed by atoms with Crippen LogP contribution in [0, 0.1) is 6.92 Å². The molecule has 0 N–H and O–H groups in total. The molecule has 1 fully saturated rings. The maximum atomic E-state index is 12.9.